The fourth-order valence-corrected chi connectivity index (χ4v) is 5.73. The predicted molar refractivity (Wildman–Crippen MR) is 151 cm³/mol. The van der Waals surface area contributed by atoms with Crippen LogP contribution in [-0.2, 0) is 4.74 Å². The van der Waals surface area contributed by atoms with Gasteiger partial charge >= 0.3 is 5.97 Å². The molecule has 0 saturated heterocycles. The summed E-state index contributed by atoms with van der Waals surface area (Å²) >= 11 is 0. The maximum absolute atomic E-state index is 13.2. The molecule has 2 aromatic carbocycles. The maximum Gasteiger partial charge on any atom is 0.342 e. The van der Waals surface area contributed by atoms with E-state index in [0.29, 0.717) is 64.7 Å². The van der Waals surface area contributed by atoms with Crippen molar-refractivity contribution >= 4 is 27.7 Å². The fourth-order valence-electron chi connectivity index (χ4n) is 5.73. The molecule has 0 amide bonds. The molecule has 2 heterocycles. The molecule has 206 valence electrons. The van der Waals surface area contributed by atoms with Crippen LogP contribution in [0.25, 0.3) is 21.7 Å². The number of carbonyl (C=O) groups is 1. The van der Waals surface area contributed by atoms with Crippen LogP contribution in [0.15, 0.2) is 47.0 Å². The van der Waals surface area contributed by atoms with Crippen molar-refractivity contribution in [2.24, 2.45) is 11.7 Å². The van der Waals surface area contributed by atoms with Gasteiger partial charge in [-0.15, -0.1) is 0 Å². The maximum atomic E-state index is 13.2. The van der Waals surface area contributed by atoms with E-state index < -0.39 is 12.0 Å². The number of nitrogens with zero attached hydrogens (tertiary/aromatic N) is 1. The van der Waals surface area contributed by atoms with Gasteiger partial charge in [-0.3, -0.25) is 0 Å². The summed E-state index contributed by atoms with van der Waals surface area (Å²) in [6, 6.07) is 10.7. The van der Waals surface area contributed by atoms with Crippen LogP contribution < -0.4 is 15.8 Å². The highest BCUT2D eigenvalue weighted by Crippen LogP contribution is 2.45. The van der Waals surface area contributed by atoms with Crippen LogP contribution in [0.4, 0.5) is 0 Å². The Bertz CT molecular complexity index is 1460. The lowest BCUT2D eigenvalue weighted by molar-refractivity contribution is 0.0526. The Labute approximate surface area is 228 Å². The minimum Gasteiger partial charge on any atom is -0.507 e. The van der Waals surface area contributed by atoms with Crippen LogP contribution in [0.2, 0.25) is 0 Å². The van der Waals surface area contributed by atoms with Gasteiger partial charge in [-0.25, -0.2) is 9.78 Å². The number of hydrogen-bond acceptors (Lipinski definition) is 8. The summed E-state index contributed by atoms with van der Waals surface area (Å²) in [5, 5.41) is 17.1. The van der Waals surface area contributed by atoms with E-state index in [1.165, 1.54) is 32.1 Å². The molecule has 1 aliphatic carbocycles. The van der Waals surface area contributed by atoms with E-state index in [9.17, 15) is 9.90 Å². The normalized spacial score (nSPS) is 15.1. The van der Waals surface area contributed by atoms with E-state index in [2.05, 4.69) is 10.3 Å². The summed E-state index contributed by atoms with van der Waals surface area (Å²) in [7, 11) is 0. The predicted octanol–water partition coefficient (Wildman–Crippen LogP) is 5.77. The number of aromatic hydroxyl groups is 1. The van der Waals surface area contributed by atoms with Gasteiger partial charge in [-0.2, -0.15) is 0 Å². The lowest BCUT2D eigenvalue weighted by Gasteiger charge is -2.24. The number of aromatic nitrogens is 1. The fraction of sp³-hybridized carbons (Fsp3) is 0.419. The topological polar surface area (TPSA) is 120 Å². The van der Waals surface area contributed by atoms with Gasteiger partial charge in [0.15, 0.2) is 0 Å². The third-order valence-corrected chi connectivity index (χ3v) is 7.58. The zero-order valence-electron chi connectivity index (χ0n) is 22.7. The van der Waals surface area contributed by atoms with Gasteiger partial charge in [0.1, 0.15) is 22.7 Å². The molecular weight excluding hydrogens is 494 g/mol. The molecule has 1 fully saturated rings. The zero-order chi connectivity index (χ0) is 27.4. The molecule has 0 spiro atoms. The average Bonchev–Trinajstić information content (AvgIpc) is 3.31. The van der Waals surface area contributed by atoms with E-state index in [0.717, 1.165) is 10.9 Å². The second-order valence-corrected chi connectivity index (χ2v) is 10.2. The van der Waals surface area contributed by atoms with Gasteiger partial charge < -0.3 is 30.0 Å². The van der Waals surface area contributed by atoms with E-state index in [4.69, 9.17) is 19.6 Å². The number of phenolic OH excluding ortho intramolecular Hbond substituents is 1. The van der Waals surface area contributed by atoms with Crippen molar-refractivity contribution in [2.45, 2.75) is 52.0 Å². The van der Waals surface area contributed by atoms with Gasteiger partial charge in [0, 0.05) is 47.1 Å². The van der Waals surface area contributed by atoms with Crippen LogP contribution in [0.1, 0.15) is 72.3 Å². The first-order valence-electron chi connectivity index (χ1n) is 13.9. The van der Waals surface area contributed by atoms with Crippen LogP contribution >= 0.6 is 0 Å². The van der Waals surface area contributed by atoms with Crippen LogP contribution in [-0.4, -0.2) is 42.4 Å². The first kappa shape index (κ1) is 27.0. The molecule has 0 bridgehead atoms. The Morgan fingerprint density at radius 1 is 1.21 bits per heavy atom. The molecule has 39 heavy (non-hydrogen) atoms. The number of esters is 1. The molecule has 4 aromatic rings. The Morgan fingerprint density at radius 2 is 1.97 bits per heavy atom. The minimum absolute atomic E-state index is 0.0699. The highest BCUT2D eigenvalue weighted by molar-refractivity contribution is 6.16. The lowest BCUT2D eigenvalue weighted by atomic mass is 9.90. The number of phenols is 1. The molecule has 8 nitrogen and oxygen atoms in total. The van der Waals surface area contributed by atoms with Crippen molar-refractivity contribution in [3.8, 4) is 11.6 Å². The number of hydrogen-bond donors (Lipinski definition) is 3. The van der Waals surface area contributed by atoms with Crippen molar-refractivity contribution in [2.75, 3.05) is 26.3 Å². The van der Waals surface area contributed by atoms with Gasteiger partial charge in [-0.05, 0) is 44.2 Å². The number of nitrogens with one attached hydrogen (secondary N) is 1. The first-order valence-corrected chi connectivity index (χ1v) is 13.9. The van der Waals surface area contributed by atoms with Crippen LogP contribution in [0.3, 0.4) is 0 Å². The van der Waals surface area contributed by atoms with Crippen molar-refractivity contribution in [3.63, 3.8) is 0 Å². The summed E-state index contributed by atoms with van der Waals surface area (Å²) in [6.45, 7) is 5.23. The van der Waals surface area contributed by atoms with E-state index in [1.54, 1.807) is 20.0 Å². The van der Waals surface area contributed by atoms with E-state index in [1.807, 2.05) is 36.4 Å². The Hall–Kier alpha value is -3.62. The number of nitrogens with two attached hydrogens (primary N) is 1. The van der Waals surface area contributed by atoms with Gasteiger partial charge in [0.2, 0.25) is 5.88 Å². The van der Waals surface area contributed by atoms with Crippen molar-refractivity contribution in [1.29, 1.82) is 0 Å². The summed E-state index contributed by atoms with van der Waals surface area (Å²) in [5.74, 6) is 1.09. The molecule has 1 atom stereocenters. The molecule has 0 aliphatic heterocycles. The van der Waals surface area contributed by atoms with Crippen LogP contribution in [0, 0.1) is 12.8 Å². The van der Waals surface area contributed by atoms with E-state index >= 15 is 0 Å². The van der Waals surface area contributed by atoms with Gasteiger partial charge in [0.05, 0.1) is 19.3 Å². The standard InChI is InChI=1S/C31H37N3O5/c1-3-37-31(36)25-19(2)39-30-23-12-8-7-11-22(23)29(35)27(26(25)30)28(34-16-14-32)21-13-15-33-24(17-21)38-18-20-9-5-4-6-10-20/h7-8,11-13,15,17,20,28,34-35H,3-6,9-10,14,16,18,32H2,1-2H3. The summed E-state index contributed by atoms with van der Waals surface area (Å²) in [4.78, 5) is 17.6. The largest absolute Gasteiger partial charge is 0.507 e. The summed E-state index contributed by atoms with van der Waals surface area (Å²) < 4.78 is 17.7. The Balaban J connectivity index is 1.66. The summed E-state index contributed by atoms with van der Waals surface area (Å²) in [5.41, 5.74) is 8.10. The first-order chi connectivity index (χ1) is 19.0. The number of benzene rings is 2. The molecule has 0 radical (unpaired) electrons. The molecule has 4 N–H and O–H groups in total. The third-order valence-electron chi connectivity index (χ3n) is 7.58. The third kappa shape index (κ3) is 5.44. The number of ether oxygens (including phenoxy) is 2. The molecule has 1 aliphatic rings. The van der Waals surface area contributed by atoms with Crippen LogP contribution in [0.5, 0.6) is 11.6 Å². The van der Waals surface area contributed by atoms with Gasteiger partial charge in [0.25, 0.3) is 0 Å². The zero-order valence-corrected chi connectivity index (χ0v) is 22.7. The Morgan fingerprint density at radius 3 is 2.72 bits per heavy atom. The number of furan rings is 1. The number of carbonyl (C=O) groups excluding carboxylic acids is 1. The van der Waals surface area contributed by atoms with Crippen molar-refractivity contribution in [1.82, 2.24) is 10.3 Å². The van der Waals surface area contributed by atoms with Gasteiger partial charge in [-0.1, -0.05) is 43.5 Å². The lowest BCUT2D eigenvalue weighted by Crippen LogP contribution is -2.28. The highest BCUT2D eigenvalue weighted by Gasteiger charge is 2.31. The molecule has 1 unspecified atom stereocenters. The average molecular weight is 532 g/mol. The quantitative estimate of drug-likeness (QED) is 0.221. The van der Waals surface area contributed by atoms with Crippen molar-refractivity contribution in [3.05, 3.63) is 65.0 Å². The Kier molecular flexibility index (Phi) is 8.33. The number of pyridine rings is 1. The molecule has 1 saturated carbocycles. The summed E-state index contributed by atoms with van der Waals surface area (Å²) in [6.07, 6.45) is 7.86. The SMILES string of the molecule is CCOC(=O)c1c(C)oc2c1c(C(NCCN)c1ccnc(OCC3CCCCC3)c1)c(O)c1ccccc12. The highest BCUT2D eigenvalue weighted by atomic mass is 16.5. The monoisotopic (exact) mass is 531 g/mol. The van der Waals surface area contributed by atoms with E-state index in [-0.39, 0.29) is 12.4 Å². The number of aryl methyl sites for hydroxylation is 1. The van der Waals surface area contributed by atoms with Crippen molar-refractivity contribution < 1.29 is 23.8 Å². The number of rotatable bonds is 10. The number of fused-ring (bicyclic) bond motifs is 3. The molecule has 8 heteroatoms. The molecular formula is C31H37N3O5. The minimum atomic E-state index is -0.522. The molecule has 2 aromatic heterocycles. The second-order valence-electron chi connectivity index (χ2n) is 10.2. The smallest absolute Gasteiger partial charge is 0.342 e. The molecule has 5 rings (SSSR count). The second kappa shape index (κ2) is 12.1.